The van der Waals surface area contributed by atoms with Gasteiger partial charge in [0.15, 0.2) is 5.52 Å². The topological polar surface area (TPSA) is 74.3 Å². The van der Waals surface area contributed by atoms with E-state index in [0.717, 1.165) is 17.1 Å². The van der Waals surface area contributed by atoms with Crippen LogP contribution in [0, 0.1) is 6.92 Å². The molecular weight excluding hydrogens is 294 g/mol. The molecule has 0 saturated carbocycles. The van der Waals surface area contributed by atoms with E-state index in [4.69, 9.17) is 4.74 Å². The van der Waals surface area contributed by atoms with Crippen LogP contribution in [0.4, 0.5) is 0 Å². The zero-order valence-corrected chi connectivity index (χ0v) is 13.6. The van der Waals surface area contributed by atoms with Gasteiger partial charge in [-0.25, -0.2) is 9.50 Å². The van der Waals surface area contributed by atoms with Crippen LogP contribution in [-0.2, 0) is 13.7 Å². The van der Waals surface area contributed by atoms with Crippen molar-refractivity contribution in [3.05, 3.63) is 52.0 Å². The maximum absolute atomic E-state index is 12.4. The standard InChI is InChI=1S/C16H19N5O2/c1-10(2)14-18-8-13-15(22)20(4)16(19-21(13)14)23-9-12-6-5-11(3)7-17-12/h5-8,10H,9H2,1-4H3. The largest absolute Gasteiger partial charge is 0.457 e. The Hall–Kier alpha value is -2.70. The van der Waals surface area contributed by atoms with Gasteiger partial charge in [0.25, 0.3) is 5.56 Å². The average molecular weight is 313 g/mol. The normalized spacial score (nSPS) is 11.3. The zero-order chi connectivity index (χ0) is 16.6. The van der Waals surface area contributed by atoms with Gasteiger partial charge in [-0.05, 0) is 18.6 Å². The average Bonchev–Trinajstić information content (AvgIpc) is 2.95. The minimum atomic E-state index is -0.189. The number of nitrogens with zero attached hydrogens (tertiary/aromatic N) is 5. The molecule has 0 aliphatic heterocycles. The lowest BCUT2D eigenvalue weighted by Gasteiger charge is -2.11. The highest BCUT2D eigenvalue weighted by Crippen LogP contribution is 2.14. The fraction of sp³-hybridized carbons (Fsp3) is 0.375. The Morgan fingerprint density at radius 1 is 1.22 bits per heavy atom. The monoisotopic (exact) mass is 313 g/mol. The van der Waals surface area contributed by atoms with Crippen molar-refractivity contribution in [3.63, 3.8) is 0 Å². The molecule has 3 aromatic rings. The molecule has 0 N–H and O–H groups in total. The Labute approximate surface area is 133 Å². The van der Waals surface area contributed by atoms with Crippen molar-refractivity contribution >= 4 is 5.52 Å². The number of aryl methyl sites for hydroxylation is 1. The van der Waals surface area contributed by atoms with Gasteiger partial charge in [-0.2, -0.15) is 0 Å². The molecular formula is C16H19N5O2. The maximum Gasteiger partial charge on any atom is 0.317 e. The van der Waals surface area contributed by atoms with E-state index >= 15 is 0 Å². The van der Waals surface area contributed by atoms with Gasteiger partial charge in [0.05, 0.1) is 11.9 Å². The van der Waals surface area contributed by atoms with Crippen LogP contribution < -0.4 is 10.3 Å². The van der Waals surface area contributed by atoms with Crippen molar-refractivity contribution in [2.45, 2.75) is 33.3 Å². The Morgan fingerprint density at radius 2 is 2.00 bits per heavy atom. The summed E-state index contributed by atoms with van der Waals surface area (Å²) in [5.74, 6) is 0.889. The molecule has 3 heterocycles. The fourth-order valence-electron chi connectivity index (χ4n) is 2.26. The summed E-state index contributed by atoms with van der Waals surface area (Å²) in [6.07, 6.45) is 3.33. The summed E-state index contributed by atoms with van der Waals surface area (Å²) in [6, 6.07) is 4.10. The van der Waals surface area contributed by atoms with Crippen LogP contribution in [0.15, 0.2) is 29.3 Å². The number of ether oxygens (including phenoxy) is 1. The van der Waals surface area contributed by atoms with Crippen LogP contribution in [0.5, 0.6) is 6.01 Å². The number of aromatic nitrogens is 5. The molecule has 0 spiro atoms. The van der Waals surface area contributed by atoms with Gasteiger partial charge >= 0.3 is 6.01 Å². The van der Waals surface area contributed by atoms with Crippen molar-refractivity contribution in [1.29, 1.82) is 0 Å². The molecule has 0 radical (unpaired) electrons. The molecule has 0 amide bonds. The van der Waals surface area contributed by atoms with Crippen LogP contribution in [0.3, 0.4) is 0 Å². The Kier molecular flexibility index (Phi) is 3.85. The lowest BCUT2D eigenvalue weighted by atomic mass is 10.2. The van der Waals surface area contributed by atoms with E-state index < -0.39 is 0 Å². The Morgan fingerprint density at radius 3 is 2.65 bits per heavy atom. The lowest BCUT2D eigenvalue weighted by Crippen LogP contribution is -2.23. The smallest absolute Gasteiger partial charge is 0.317 e. The molecule has 0 bridgehead atoms. The first-order valence-corrected chi connectivity index (χ1v) is 7.46. The van der Waals surface area contributed by atoms with E-state index in [0.29, 0.717) is 5.52 Å². The first kappa shape index (κ1) is 15.2. The molecule has 0 aliphatic carbocycles. The van der Waals surface area contributed by atoms with Gasteiger partial charge in [0, 0.05) is 19.2 Å². The molecule has 0 aliphatic rings. The fourth-order valence-corrected chi connectivity index (χ4v) is 2.26. The lowest BCUT2D eigenvalue weighted by molar-refractivity contribution is 0.256. The quantitative estimate of drug-likeness (QED) is 0.734. The molecule has 3 rings (SSSR count). The van der Waals surface area contributed by atoms with Crippen molar-refractivity contribution < 1.29 is 4.74 Å². The Balaban J connectivity index is 1.96. The van der Waals surface area contributed by atoms with Gasteiger partial charge in [-0.1, -0.05) is 19.9 Å². The second kappa shape index (κ2) is 5.83. The molecule has 0 aromatic carbocycles. The van der Waals surface area contributed by atoms with Crippen molar-refractivity contribution in [3.8, 4) is 6.01 Å². The molecule has 0 saturated heterocycles. The molecule has 120 valence electrons. The number of hydrogen-bond acceptors (Lipinski definition) is 5. The summed E-state index contributed by atoms with van der Waals surface area (Å²) in [7, 11) is 1.63. The third-order valence-electron chi connectivity index (χ3n) is 3.60. The van der Waals surface area contributed by atoms with Crippen molar-refractivity contribution in [1.82, 2.24) is 24.1 Å². The van der Waals surface area contributed by atoms with Crippen LogP contribution in [-0.4, -0.2) is 24.1 Å². The number of hydrogen-bond donors (Lipinski definition) is 0. The second-order valence-corrected chi connectivity index (χ2v) is 5.83. The van der Waals surface area contributed by atoms with Crippen molar-refractivity contribution in [2.75, 3.05) is 0 Å². The highest BCUT2D eigenvalue weighted by molar-refractivity contribution is 5.43. The number of imidazole rings is 1. The van der Waals surface area contributed by atoms with Crippen LogP contribution in [0.25, 0.3) is 5.52 Å². The minimum Gasteiger partial charge on any atom is -0.457 e. The number of rotatable bonds is 4. The van der Waals surface area contributed by atoms with Crippen LogP contribution in [0.1, 0.15) is 36.8 Å². The summed E-state index contributed by atoms with van der Waals surface area (Å²) in [5.41, 5.74) is 2.11. The van der Waals surface area contributed by atoms with E-state index in [9.17, 15) is 4.79 Å². The van der Waals surface area contributed by atoms with Gasteiger partial charge < -0.3 is 4.74 Å². The van der Waals surface area contributed by atoms with Crippen LogP contribution in [0.2, 0.25) is 0 Å². The third-order valence-corrected chi connectivity index (χ3v) is 3.60. The number of pyridine rings is 1. The van der Waals surface area contributed by atoms with Gasteiger partial charge in [0.1, 0.15) is 12.4 Å². The van der Waals surface area contributed by atoms with Gasteiger partial charge in [0.2, 0.25) is 0 Å². The molecule has 3 aromatic heterocycles. The molecule has 0 unspecified atom stereocenters. The molecule has 23 heavy (non-hydrogen) atoms. The Bertz CT molecular complexity index is 893. The maximum atomic E-state index is 12.4. The van der Waals surface area contributed by atoms with E-state index in [1.54, 1.807) is 24.0 Å². The van der Waals surface area contributed by atoms with Crippen LogP contribution >= 0.6 is 0 Å². The summed E-state index contributed by atoms with van der Waals surface area (Å²) >= 11 is 0. The summed E-state index contributed by atoms with van der Waals surface area (Å²) in [6.45, 7) is 6.23. The predicted octanol–water partition coefficient (Wildman–Crippen LogP) is 1.83. The van der Waals surface area contributed by atoms with E-state index in [2.05, 4.69) is 15.1 Å². The highest BCUT2D eigenvalue weighted by Gasteiger charge is 2.15. The highest BCUT2D eigenvalue weighted by atomic mass is 16.5. The molecule has 7 heteroatoms. The SMILES string of the molecule is Cc1ccc(COc2nn3c(C(C)C)ncc3c(=O)n2C)nc1. The summed E-state index contributed by atoms with van der Waals surface area (Å²) in [5, 5.41) is 4.42. The van der Waals surface area contributed by atoms with E-state index in [1.807, 2.05) is 32.9 Å². The molecule has 0 fully saturated rings. The second-order valence-electron chi connectivity index (χ2n) is 5.83. The van der Waals surface area contributed by atoms with Gasteiger partial charge in [-0.3, -0.25) is 14.3 Å². The summed E-state index contributed by atoms with van der Waals surface area (Å²) < 4.78 is 8.64. The first-order valence-electron chi connectivity index (χ1n) is 7.46. The van der Waals surface area contributed by atoms with E-state index in [-0.39, 0.29) is 24.1 Å². The third kappa shape index (κ3) is 2.81. The first-order chi connectivity index (χ1) is 11.0. The van der Waals surface area contributed by atoms with Gasteiger partial charge in [-0.15, -0.1) is 5.10 Å². The number of fused-ring (bicyclic) bond motifs is 1. The molecule has 0 atom stereocenters. The molecule has 7 nitrogen and oxygen atoms in total. The zero-order valence-electron chi connectivity index (χ0n) is 13.6. The van der Waals surface area contributed by atoms with Crippen molar-refractivity contribution in [2.24, 2.45) is 7.05 Å². The van der Waals surface area contributed by atoms with E-state index in [1.165, 1.54) is 4.57 Å². The summed E-state index contributed by atoms with van der Waals surface area (Å²) in [4.78, 5) is 21.0. The predicted molar refractivity (Wildman–Crippen MR) is 85.6 cm³/mol. The minimum absolute atomic E-state index is 0.156.